The maximum Gasteiger partial charge on any atom is 0.155 e. The average Bonchev–Trinajstić information content (AvgIpc) is 1.84. The number of sulfone groups is 1. The van der Waals surface area contributed by atoms with Crippen molar-refractivity contribution in [3.8, 4) is 0 Å². The SMILES string of the molecule is NCCS(=O)(=O)C/C=C/Br. The van der Waals surface area contributed by atoms with Crippen molar-refractivity contribution in [1.29, 1.82) is 0 Å². The van der Waals surface area contributed by atoms with Gasteiger partial charge in [-0.2, -0.15) is 0 Å². The van der Waals surface area contributed by atoms with Crippen molar-refractivity contribution in [3.05, 3.63) is 11.1 Å². The molecule has 0 aliphatic carbocycles. The molecule has 0 heterocycles. The molecule has 0 aliphatic rings. The second-order valence-electron chi connectivity index (χ2n) is 1.76. The highest BCUT2D eigenvalue weighted by Crippen LogP contribution is 1.91. The third kappa shape index (κ3) is 4.96. The molecule has 0 saturated heterocycles. The van der Waals surface area contributed by atoms with Crippen LogP contribution < -0.4 is 5.73 Å². The van der Waals surface area contributed by atoms with E-state index in [0.29, 0.717) is 0 Å². The van der Waals surface area contributed by atoms with Crippen LogP contribution in [0.1, 0.15) is 0 Å². The third-order valence-electron chi connectivity index (χ3n) is 0.868. The number of nitrogens with two attached hydrogens (primary N) is 1. The van der Waals surface area contributed by atoms with E-state index in [1.807, 2.05) is 0 Å². The van der Waals surface area contributed by atoms with Crippen LogP contribution in [0.3, 0.4) is 0 Å². The van der Waals surface area contributed by atoms with Crippen molar-refractivity contribution in [2.24, 2.45) is 5.73 Å². The fourth-order valence-electron chi connectivity index (χ4n) is 0.446. The van der Waals surface area contributed by atoms with E-state index in [-0.39, 0.29) is 18.1 Å². The highest BCUT2D eigenvalue weighted by Gasteiger charge is 2.04. The molecule has 60 valence electrons. The minimum Gasteiger partial charge on any atom is -0.329 e. The van der Waals surface area contributed by atoms with Crippen LogP contribution >= 0.6 is 15.9 Å². The van der Waals surface area contributed by atoms with E-state index in [9.17, 15) is 8.42 Å². The number of halogens is 1. The summed E-state index contributed by atoms with van der Waals surface area (Å²) in [6, 6.07) is 0. The first-order valence-corrected chi connectivity index (χ1v) is 5.52. The van der Waals surface area contributed by atoms with Crippen molar-refractivity contribution in [2.75, 3.05) is 18.1 Å². The molecule has 0 rings (SSSR count). The van der Waals surface area contributed by atoms with Crippen molar-refractivity contribution in [3.63, 3.8) is 0 Å². The maximum absolute atomic E-state index is 10.8. The van der Waals surface area contributed by atoms with E-state index in [0.717, 1.165) is 0 Å². The molecule has 10 heavy (non-hydrogen) atoms. The molecule has 0 saturated carbocycles. The first-order valence-electron chi connectivity index (χ1n) is 2.78. The zero-order valence-electron chi connectivity index (χ0n) is 5.46. The molecule has 0 aromatic rings. The van der Waals surface area contributed by atoms with E-state index in [4.69, 9.17) is 5.73 Å². The lowest BCUT2D eigenvalue weighted by Crippen LogP contribution is -2.17. The zero-order chi connectivity index (χ0) is 8.04. The van der Waals surface area contributed by atoms with E-state index in [1.165, 1.54) is 11.1 Å². The molecule has 2 N–H and O–H groups in total. The van der Waals surface area contributed by atoms with Crippen LogP contribution in [-0.2, 0) is 9.84 Å². The summed E-state index contributed by atoms with van der Waals surface area (Å²) < 4.78 is 21.7. The van der Waals surface area contributed by atoms with Gasteiger partial charge in [0.05, 0.1) is 11.5 Å². The molecule has 5 heteroatoms. The lowest BCUT2D eigenvalue weighted by Gasteiger charge is -1.95. The molecule has 0 atom stereocenters. The van der Waals surface area contributed by atoms with Crippen LogP contribution in [0.5, 0.6) is 0 Å². The summed E-state index contributed by atoms with van der Waals surface area (Å²) in [7, 11) is -2.94. The van der Waals surface area contributed by atoms with Crippen molar-refractivity contribution in [2.45, 2.75) is 0 Å². The van der Waals surface area contributed by atoms with Gasteiger partial charge in [0.25, 0.3) is 0 Å². The van der Waals surface area contributed by atoms with Crippen LogP contribution in [0.2, 0.25) is 0 Å². The maximum atomic E-state index is 10.8. The summed E-state index contributed by atoms with van der Waals surface area (Å²) in [5.41, 5.74) is 5.07. The lowest BCUT2D eigenvalue weighted by atomic mass is 10.8. The molecular formula is C5H10BrNO2S. The standard InChI is InChI=1S/C5H10BrNO2S/c6-2-1-4-10(8,9)5-3-7/h1-2H,3-5,7H2/b2-1+. The van der Waals surface area contributed by atoms with Gasteiger partial charge in [0.1, 0.15) is 0 Å². The summed E-state index contributed by atoms with van der Waals surface area (Å²) in [5.74, 6) is 0.125. The second kappa shape index (κ2) is 4.87. The minimum absolute atomic E-state index is 0.0599. The summed E-state index contributed by atoms with van der Waals surface area (Å²) >= 11 is 2.98. The summed E-state index contributed by atoms with van der Waals surface area (Å²) in [4.78, 5) is 1.53. The molecule has 0 radical (unpaired) electrons. The Bertz CT molecular complexity index is 198. The molecule has 3 nitrogen and oxygen atoms in total. The van der Waals surface area contributed by atoms with Crippen LogP contribution in [0.4, 0.5) is 0 Å². The predicted octanol–water partition coefficient (Wildman–Crippen LogP) is 0.269. The van der Waals surface area contributed by atoms with Gasteiger partial charge in [0.15, 0.2) is 9.84 Å². The normalized spacial score (nSPS) is 12.6. The first kappa shape index (κ1) is 10.1. The average molecular weight is 228 g/mol. The van der Waals surface area contributed by atoms with Crippen molar-refractivity contribution in [1.82, 2.24) is 0 Å². The zero-order valence-corrected chi connectivity index (χ0v) is 7.86. The molecule has 0 aliphatic heterocycles. The number of rotatable bonds is 4. The molecule has 0 amide bonds. The Labute approximate surface area is 69.3 Å². The molecule has 0 unspecified atom stereocenters. The van der Waals surface area contributed by atoms with Crippen LogP contribution in [0, 0.1) is 0 Å². The van der Waals surface area contributed by atoms with Gasteiger partial charge in [-0.3, -0.25) is 0 Å². The number of hydrogen-bond acceptors (Lipinski definition) is 3. The third-order valence-corrected chi connectivity index (χ3v) is 2.80. The van der Waals surface area contributed by atoms with E-state index >= 15 is 0 Å². The molecule has 0 aromatic heterocycles. The van der Waals surface area contributed by atoms with Crippen LogP contribution in [0.15, 0.2) is 11.1 Å². The number of hydrogen-bond donors (Lipinski definition) is 1. The lowest BCUT2D eigenvalue weighted by molar-refractivity contribution is 0.599. The molecular weight excluding hydrogens is 218 g/mol. The van der Waals surface area contributed by atoms with Gasteiger partial charge in [-0.25, -0.2) is 8.42 Å². The van der Waals surface area contributed by atoms with Crippen LogP contribution in [0.25, 0.3) is 0 Å². The topological polar surface area (TPSA) is 60.2 Å². The van der Waals surface area contributed by atoms with Crippen molar-refractivity contribution >= 4 is 25.8 Å². The van der Waals surface area contributed by atoms with Crippen LogP contribution in [-0.4, -0.2) is 26.5 Å². The Morgan fingerprint density at radius 3 is 2.50 bits per heavy atom. The van der Waals surface area contributed by atoms with E-state index in [1.54, 1.807) is 0 Å². The summed E-state index contributed by atoms with van der Waals surface area (Å²) in [6.07, 6.45) is 1.53. The Morgan fingerprint density at radius 1 is 1.50 bits per heavy atom. The highest BCUT2D eigenvalue weighted by molar-refractivity contribution is 9.11. The van der Waals surface area contributed by atoms with Gasteiger partial charge >= 0.3 is 0 Å². The Hall–Kier alpha value is 0.130. The van der Waals surface area contributed by atoms with E-state index < -0.39 is 9.84 Å². The van der Waals surface area contributed by atoms with Crippen molar-refractivity contribution < 1.29 is 8.42 Å². The van der Waals surface area contributed by atoms with Gasteiger partial charge in [-0.1, -0.05) is 22.0 Å². The Kier molecular flexibility index (Phi) is 4.93. The monoisotopic (exact) mass is 227 g/mol. The predicted molar refractivity (Wildman–Crippen MR) is 45.8 cm³/mol. The van der Waals surface area contributed by atoms with Gasteiger partial charge in [0, 0.05) is 6.54 Å². The smallest absolute Gasteiger partial charge is 0.155 e. The largest absolute Gasteiger partial charge is 0.329 e. The molecule has 0 aromatic carbocycles. The Balaban J connectivity index is 3.89. The fraction of sp³-hybridized carbons (Fsp3) is 0.600. The van der Waals surface area contributed by atoms with Gasteiger partial charge < -0.3 is 5.73 Å². The Morgan fingerprint density at radius 2 is 2.10 bits per heavy atom. The first-order chi connectivity index (χ1) is 4.62. The summed E-state index contributed by atoms with van der Waals surface area (Å²) in [5, 5.41) is 0. The van der Waals surface area contributed by atoms with Gasteiger partial charge in [-0.15, -0.1) is 0 Å². The summed E-state index contributed by atoms with van der Waals surface area (Å²) in [6.45, 7) is 0.193. The van der Waals surface area contributed by atoms with E-state index in [2.05, 4.69) is 15.9 Å². The highest BCUT2D eigenvalue weighted by atomic mass is 79.9. The quantitative estimate of drug-likeness (QED) is 0.751. The molecule has 0 bridgehead atoms. The van der Waals surface area contributed by atoms with Gasteiger partial charge in [-0.05, 0) is 4.99 Å². The van der Waals surface area contributed by atoms with Gasteiger partial charge in [0.2, 0.25) is 0 Å². The minimum atomic E-state index is -2.94. The molecule has 0 spiro atoms. The fourth-order valence-corrected chi connectivity index (χ4v) is 1.80. The second-order valence-corrected chi connectivity index (χ2v) is 4.52. The molecule has 0 fully saturated rings.